The number of benzene rings is 1. The van der Waals surface area contributed by atoms with Crippen LogP contribution in [0, 0.1) is 5.92 Å². The van der Waals surface area contributed by atoms with Gasteiger partial charge in [-0.05, 0) is 62.5 Å². The van der Waals surface area contributed by atoms with Crippen molar-refractivity contribution in [1.29, 1.82) is 0 Å². The van der Waals surface area contributed by atoms with Crippen LogP contribution >= 0.6 is 0 Å². The maximum Gasteiger partial charge on any atom is 0.176 e. The molecule has 0 bridgehead atoms. The van der Waals surface area contributed by atoms with Crippen LogP contribution in [0.15, 0.2) is 18.2 Å². The Morgan fingerprint density at radius 2 is 2.19 bits per heavy atom. The molecule has 1 aromatic rings. The molecule has 1 unspecified atom stereocenters. The fraction of sp³-hybridized carbons (Fsp3) is 0.588. The third-order valence-corrected chi connectivity index (χ3v) is 4.69. The van der Waals surface area contributed by atoms with Crippen molar-refractivity contribution in [1.82, 2.24) is 4.90 Å². The van der Waals surface area contributed by atoms with Gasteiger partial charge in [0.1, 0.15) is 5.75 Å². The summed E-state index contributed by atoms with van der Waals surface area (Å²) in [6.07, 6.45) is 2.61. The van der Waals surface area contributed by atoms with E-state index in [4.69, 9.17) is 4.74 Å². The lowest BCUT2D eigenvalue weighted by Crippen LogP contribution is -2.39. The van der Waals surface area contributed by atoms with Crippen LogP contribution < -0.4 is 4.74 Å². The number of hydrogen-bond donors (Lipinski definition) is 1. The van der Waals surface area contributed by atoms with E-state index in [1.165, 1.54) is 0 Å². The third-order valence-electron chi connectivity index (χ3n) is 4.69. The van der Waals surface area contributed by atoms with Crippen molar-refractivity contribution in [2.24, 2.45) is 5.92 Å². The summed E-state index contributed by atoms with van der Waals surface area (Å²) in [5.41, 5.74) is 1.94. The summed E-state index contributed by atoms with van der Waals surface area (Å²) in [5.74, 6) is 1.48. The minimum absolute atomic E-state index is 0.181. The lowest BCUT2D eigenvalue weighted by Gasteiger charge is -2.32. The van der Waals surface area contributed by atoms with Crippen LogP contribution in [0.25, 0.3) is 0 Å². The number of Topliss-reactive ketones (excluding diaryl/α,β-unsaturated/α-hetero) is 1. The van der Waals surface area contributed by atoms with Gasteiger partial charge in [0.15, 0.2) is 5.78 Å². The predicted octanol–water partition coefficient (Wildman–Crippen LogP) is 1.90. The number of fused-ring (bicyclic) bond motifs is 1. The predicted molar refractivity (Wildman–Crippen MR) is 80.8 cm³/mol. The highest BCUT2D eigenvalue weighted by atomic mass is 16.5. The number of likely N-dealkylation sites (tertiary alicyclic amines) is 1. The van der Waals surface area contributed by atoms with Crippen molar-refractivity contribution in [2.45, 2.75) is 32.3 Å². The number of aliphatic hydroxyl groups is 1. The number of ether oxygens (including phenoxy) is 1. The zero-order valence-electron chi connectivity index (χ0n) is 12.5. The molecule has 0 aromatic heterocycles. The van der Waals surface area contributed by atoms with Gasteiger partial charge in [-0.25, -0.2) is 0 Å². The average molecular weight is 289 g/mol. The number of nitrogens with zero attached hydrogens (tertiary/aromatic N) is 1. The summed E-state index contributed by atoms with van der Waals surface area (Å²) >= 11 is 0. The molecule has 2 aliphatic heterocycles. The SMILES string of the molecule is CC(O)C1CCN(CC(=O)c2ccc3c(c2)CCO3)CC1. The van der Waals surface area contributed by atoms with Gasteiger partial charge in [-0.3, -0.25) is 9.69 Å². The van der Waals surface area contributed by atoms with Crippen LogP contribution in [0.1, 0.15) is 35.7 Å². The van der Waals surface area contributed by atoms with Gasteiger partial charge in [-0.2, -0.15) is 0 Å². The highest BCUT2D eigenvalue weighted by Gasteiger charge is 2.24. The van der Waals surface area contributed by atoms with Crippen molar-refractivity contribution < 1.29 is 14.6 Å². The van der Waals surface area contributed by atoms with Gasteiger partial charge >= 0.3 is 0 Å². The molecule has 4 nitrogen and oxygen atoms in total. The van der Waals surface area contributed by atoms with Crippen molar-refractivity contribution in [3.63, 3.8) is 0 Å². The normalized spacial score (nSPS) is 20.9. The topological polar surface area (TPSA) is 49.8 Å². The van der Waals surface area contributed by atoms with Gasteiger partial charge in [-0.15, -0.1) is 0 Å². The molecule has 1 saturated heterocycles. The van der Waals surface area contributed by atoms with Crippen LogP contribution in [0.5, 0.6) is 5.75 Å². The van der Waals surface area contributed by atoms with E-state index >= 15 is 0 Å². The van der Waals surface area contributed by atoms with Crippen molar-refractivity contribution in [3.8, 4) is 5.75 Å². The molecule has 21 heavy (non-hydrogen) atoms. The summed E-state index contributed by atoms with van der Waals surface area (Å²) in [6.45, 7) is 4.86. The van der Waals surface area contributed by atoms with E-state index < -0.39 is 0 Å². The van der Waals surface area contributed by atoms with Crippen molar-refractivity contribution >= 4 is 5.78 Å². The molecule has 4 heteroatoms. The van der Waals surface area contributed by atoms with Crippen LogP contribution in [0.2, 0.25) is 0 Å². The molecule has 0 spiro atoms. The molecule has 0 aliphatic carbocycles. The molecule has 0 saturated carbocycles. The molecule has 3 rings (SSSR count). The molecule has 0 amide bonds. The fourth-order valence-electron chi connectivity index (χ4n) is 3.25. The number of aliphatic hydroxyl groups excluding tert-OH is 1. The lowest BCUT2D eigenvalue weighted by molar-refractivity contribution is 0.0664. The summed E-state index contributed by atoms with van der Waals surface area (Å²) in [7, 11) is 0. The maximum atomic E-state index is 12.4. The van der Waals surface area contributed by atoms with E-state index in [0.29, 0.717) is 12.5 Å². The molecule has 1 fully saturated rings. The van der Waals surface area contributed by atoms with Gasteiger partial charge < -0.3 is 9.84 Å². The Labute approximate surface area is 125 Å². The van der Waals surface area contributed by atoms with Gasteiger partial charge in [0.2, 0.25) is 0 Å². The third kappa shape index (κ3) is 3.27. The zero-order valence-corrected chi connectivity index (χ0v) is 12.5. The standard InChI is InChI=1S/C17H23NO3/c1-12(19)13-4-7-18(8-5-13)11-16(20)14-2-3-17-15(10-14)6-9-21-17/h2-3,10,12-13,19H,4-9,11H2,1H3. The molecule has 2 heterocycles. The van der Waals surface area contributed by atoms with Gasteiger partial charge in [-0.1, -0.05) is 0 Å². The molecular formula is C17H23NO3. The Hall–Kier alpha value is -1.39. The van der Waals surface area contributed by atoms with Crippen LogP contribution in [-0.4, -0.2) is 48.1 Å². The summed E-state index contributed by atoms with van der Waals surface area (Å²) in [4.78, 5) is 14.6. The van der Waals surface area contributed by atoms with Crippen LogP contribution in [0.3, 0.4) is 0 Å². The average Bonchev–Trinajstić information content (AvgIpc) is 2.95. The minimum atomic E-state index is -0.237. The number of piperidine rings is 1. The Kier molecular flexibility index (Phi) is 4.27. The van der Waals surface area contributed by atoms with Crippen molar-refractivity contribution in [2.75, 3.05) is 26.2 Å². The second kappa shape index (κ2) is 6.16. The molecule has 1 atom stereocenters. The number of ketones is 1. The van der Waals surface area contributed by atoms with Crippen LogP contribution in [-0.2, 0) is 6.42 Å². The van der Waals surface area contributed by atoms with Crippen molar-refractivity contribution in [3.05, 3.63) is 29.3 Å². The van der Waals surface area contributed by atoms with Gasteiger partial charge in [0.05, 0.1) is 19.3 Å². The van der Waals surface area contributed by atoms with E-state index in [2.05, 4.69) is 4.90 Å². The van der Waals surface area contributed by atoms with Gasteiger partial charge in [0, 0.05) is 12.0 Å². The zero-order chi connectivity index (χ0) is 14.8. The summed E-state index contributed by atoms with van der Waals surface area (Å²) in [6, 6.07) is 5.76. The van der Waals surface area contributed by atoms with E-state index in [1.807, 2.05) is 25.1 Å². The van der Waals surface area contributed by atoms with E-state index in [9.17, 15) is 9.90 Å². The molecule has 2 aliphatic rings. The first-order valence-electron chi connectivity index (χ1n) is 7.83. The highest BCUT2D eigenvalue weighted by molar-refractivity contribution is 5.98. The first-order valence-corrected chi connectivity index (χ1v) is 7.83. The first-order chi connectivity index (χ1) is 10.1. The van der Waals surface area contributed by atoms with E-state index in [1.54, 1.807) is 0 Å². The Bertz CT molecular complexity index is 519. The molecule has 1 N–H and O–H groups in total. The Morgan fingerprint density at radius 1 is 1.43 bits per heavy atom. The monoisotopic (exact) mass is 289 g/mol. The van der Waals surface area contributed by atoms with Crippen LogP contribution in [0.4, 0.5) is 0 Å². The van der Waals surface area contributed by atoms with Gasteiger partial charge in [0.25, 0.3) is 0 Å². The number of carbonyl (C=O) groups excluding carboxylic acids is 1. The smallest absolute Gasteiger partial charge is 0.176 e. The lowest BCUT2D eigenvalue weighted by atomic mass is 9.92. The summed E-state index contributed by atoms with van der Waals surface area (Å²) < 4.78 is 5.47. The molecule has 114 valence electrons. The molecule has 0 radical (unpaired) electrons. The largest absolute Gasteiger partial charge is 0.493 e. The molecule has 1 aromatic carbocycles. The summed E-state index contributed by atoms with van der Waals surface area (Å²) in [5, 5.41) is 9.62. The Morgan fingerprint density at radius 3 is 2.90 bits per heavy atom. The first kappa shape index (κ1) is 14.5. The maximum absolute atomic E-state index is 12.4. The number of hydrogen-bond acceptors (Lipinski definition) is 4. The minimum Gasteiger partial charge on any atom is -0.493 e. The molecular weight excluding hydrogens is 266 g/mol. The number of rotatable bonds is 4. The Balaban J connectivity index is 1.57. The second-order valence-electron chi connectivity index (χ2n) is 6.20. The quantitative estimate of drug-likeness (QED) is 0.860. The van der Waals surface area contributed by atoms with E-state index in [-0.39, 0.29) is 11.9 Å². The highest BCUT2D eigenvalue weighted by Crippen LogP contribution is 2.26. The van der Waals surface area contributed by atoms with E-state index in [0.717, 1.165) is 55.8 Å². The second-order valence-corrected chi connectivity index (χ2v) is 6.20. The fourth-order valence-corrected chi connectivity index (χ4v) is 3.25. The number of carbonyl (C=O) groups is 1.